The molecule has 0 unspecified atom stereocenters. The lowest BCUT2D eigenvalue weighted by molar-refractivity contribution is -0.119. The number of aryl methyl sites for hydroxylation is 2. The van der Waals surface area contributed by atoms with E-state index >= 15 is 0 Å². The second-order valence-corrected chi connectivity index (χ2v) is 6.44. The number of carbonyl (C=O) groups is 2. The highest BCUT2D eigenvalue weighted by Crippen LogP contribution is 2.19. The molecular weight excluding hydrogens is 348 g/mol. The number of nitrogens with zero attached hydrogens (tertiary/aromatic N) is 3. The lowest BCUT2D eigenvalue weighted by Crippen LogP contribution is -2.36. The van der Waals surface area contributed by atoms with Crippen LogP contribution in [-0.2, 0) is 21.3 Å². The fourth-order valence-electron chi connectivity index (χ4n) is 3.05. The average Bonchev–Trinajstić information content (AvgIpc) is 2.93. The molecule has 2 aromatic rings. The molecule has 0 radical (unpaired) electrons. The van der Waals surface area contributed by atoms with Crippen molar-refractivity contribution in [3.63, 3.8) is 0 Å². The van der Waals surface area contributed by atoms with Crippen molar-refractivity contribution in [2.45, 2.75) is 13.8 Å². The van der Waals surface area contributed by atoms with Gasteiger partial charge < -0.3 is 19.7 Å². The quantitative estimate of drug-likeness (QED) is 0.804. The van der Waals surface area contributed by atoms with Gasteiger partial charge in [-0.1, -0.05) is 0 Å². The monoisotopic (exact) mass is 372 g/mol. The minimum absolute atomic E-state index is 0.349. The molecule has 1 aromatic heterocycles. The number of rotatable bonds is 5. The Balaban J connectivity index is 1.52. The first kappa shape index (κ1) is 18.9. The highest BCUT2D eigenvalue weighted by atomic mass is 16.5. The van der Waals surface area contributed by atoms with Crippen LogP contribution in [0.3, 0.4) is 0 Å². The first-order chi connectivity index (χ1) is 13.0. The second-order valence-electron chi connectivity index (χ2n) is 6.44. The molecule has 1 amide bonds. The Hall–Kier alpha value is -2.87. The van der Waals surface area contributed by atoms with Crippen LogP contribution in [0.4, 0.5) is 11.4 Å². The van der Waals surface area contributed by atoms with Gasteiger partial charge in [0.25, 0.3) is 5.91 Å². The molecule has 1 fully saturated rings. The molecule has 3 rings (SSSR count). The molecule has 0 saturated carbocycles. The number of hydrogen-bond acceptors (Lipinski definition) is 6. The van der Waals surface area contributed by atoms with Crippen molar-refractivity contribution in [1.82, 2.24) is 9.78 Å². The topological polar surface area (TPSA) is 85.7 Å². The molecule has 1 aromatic carbocycles. The summed E-state index contributed by atoms with van der Waals surface area (Å²) >= 11 is 0. The van der Waals surface area contributed by atoms with Crippen LogP contribution in [0.25, 0.3) is 0 Å². The first-order valence-corrected chi connectivity index (χ1v) is 8.85. The van der Waals surface area contributed by atoms with E-state index in [0.717, 1.165) is 32.0 Å². The molecule has 0 aliphatic carbocycles. The minimum atomic E-state index is -0.545. The van der Waals surface area contributed by atoms with Crippen LogP contribution < -0.4 is 10.2 Å². The van der Waals surface area contributed by atoms with Crippen LogP contribution >= 0.6 is 0 Å². The number of esters is 1. The van der Waals surface area contributed by atoms with E-state index in [2.05, 4.69) is 15.3 Å². The molecule has 144 valence electrons. The number of amides is 1. The Kier molecular flexibility index (Phi) is 5.75. The fourth-order valence-corrected chi connectivity index (χ4v) is 3.05. The van der Waals surface area contributed by atoms with Gasteiger partial charge in [-0.05, 0) is 38.1 Å². The van der Waals surface area contributed by atoms with Crippen molar-refractivity contribution in [3.05, 3.63) is 41.2 Å². The molecule has 27 heavy (non-hydrogen) atoms. The summed E-state index contributed by atoms with van der Waals surface area (Å²) in [5, 5.41) is 6.91. The van der Waals surface area contributed by atoms with E-state index in [9.17, 15) is 9.59 Å². The fraction of sp³-hybridized carbons (Fsp3) is 0.421. The molecule has 0 atom stereocenters. The number of anilines is 2. The van der Waals surface area contributed by atoms with Gasteiger partial charge in [-0.15, -0.1) is 0 Å². The third kappa shape index (κ3) is 4.46. The Morgan fingerprint density at radius 1 is 1.19 bits per heavy atom. The maximum absolute atomic E-state index is 12.2. The van der Waals surface area contributed by atoms with Crippen LogP contribution in [0, 0.1) is 13.8 Å². The predicted molar refractivity (Wildman–Crippen MR) is 101 cm³/mol. The van der Waals surface area contributed by atoms with E-state index in [1.165, 1.54) is 0 Å². The molecule has 2 heterocycles. The van der Waals surface area contributed by atoms with Crippen molar-refractivity contribution in [1.29, 1.82) is 0 Å². The zero-order chi connectivity index (χ0) is 19.4. The Labute approximate surface area is 158 Å². The zero-order valence-electron chi connectivity index (χ0n) is 15.8. The number of ether oxygens (including phenoxy) is 2. The van der Waals surface area contributed by atoms with Crippen LogP contribution in [0.1, 0.15) is 21.7 Å². The van der Waals surface area contributed by atoms with E-state index in [4.69, 9.17) is 9.47 Å². The van der Waals surface area contributed by atoms with Gasteiger partial charge >= 0.3 is 5.97 Å². The second kappa shape index (κ2) is 8.22. The van der Waals surface area contributed by atoms with Crippen molar-refractivity contribution in [3.8, 4) is 0 Å². The molecule has 1 saturated heterocycles. The van der Waals surface area contributed by atoms with Gasteiger partial charge in [0, 0.05) is 37.2 Å². The predicted octanol–water partition coefficient (Wildman–Crippen LogP) is 1.67. The smallest absolute Gasteiger partial charge is 0.342 e. The van der Waals surface area contributed by atoms with Crippen LogP contribution in [0.15, 0.2) is 24.3 Å². The van der Waals surface area contributed by atoms with Crippen molar-refractivity contribution >= 4 is 23.3 Å². The third-order valence-corrected chi connectivity index (χ3v) is 4.57. The van der Waals surface area contributed by atoms with Crippen molar-refractivity contribution in [2.24, 2.45) is 7.05 Å². The summed E-state index contributed by atoms with van der Waals surface area (Å²) in [5.74, 6) is -0.933. The Morgan fingerprint density at radius 3 is 2.44 bits per heavy atom. The molecular formula is C19H24N4O4. The molecule has 1 N–H and O–H groups in total. The Bertz CT molecular complexity index is 823. The maximum Gasteiger partial charge on any atom is 0.342 e. The summed E-state index contributed by atoms with van der Waals surface area (Å²) < 4.78 is 12.1. The van der Waals surface area contributed by atoms with Crippen LogP contribution in [0.2, 0.25) is 0 Å². The van der Waals surface area contributed by atoms with E-state index in [0.29, 0.717) is 22.6 Å². The van der Waals surface area contributed by atoms with Crippen molar-refractivity contribution < 1.29 is 19.1 Å². The number of carbonyl (C=O) groups excluding carboxylic acids is 2. The van der Waals surface area contributed by atoms with Gasteiger partial charge in [-0.3, -0.25) is 9.48 Å². The number of benzene rings is 1. The van der Waals surface area contributed by atoms with E-state index in [-0.39, 0.29) is 12.5 Å². The first-order valence-electron chi connectivity index (χ1n) is 8.85. The van der Waals surface area contributed by atoms with Gasteiger partial charge in [0.05, 0.1) is 18.9 Å². The van der Waals surface area contributed by atoms with E-state index in [1.807, 2.05) is 24.3 Å². The van der Waals surface area contributed by atoms with Crippen LogP contribution in [0.5, 0.6) is 0 Å². The lowest BCUT2D eigenvalue weighted by atomic mass is 10.2. The number of nitrogens with one attached hydrogen (secondary N) is 1. The standard InChI is InChI=1S/C19H24N4O4/c1-13-18(14(2)22(3)21-13)19(25)27-12-17(24)20-15-4-6-16(7-5-15)23-8-10-26-11-9-23/h4-7H,8-12H2,1-3H3,(H,20,24). The van der Waals surface area contributed by atoms with Gasteiger partial charge in [0.15, 0.2) is 6.61 Å². The van der Waals surface area contributed by atoms with Gasteiger partial charge in [-0.2, -0.15) is 5.10 Å². The molecule has 1 aliphatic rings. The number of aromatic nitrogens is 2. The molecule has 0 bridgehead atoms. The summed E-state index contributed by atoms with van der Waals surface area (Å²) in [4.78, 5) is 26.5. The normalized spacial score (nSPS) is 14.1. The van der Waals surface area contributed by atoms with Gasteiger partial charge in [0.2, 0.25) is 0 Å². The maximum atomic E-state index is 12.2. The van der Waals surface area contributed by atoms with E-state index < -0.39 is 5.97 Å². The average molecular weight is 372 g/mol. The third-order valence-electron chi connectivity index (χ3n) is 4.57. The largest absolute Gasteiger partial charge is 0.452 e. The summed E-state index contributed by atoms with van der Waals surface area (Å²) in [7, 11) is 1.76. The molecule has 0 spiro atoms. The summed E-state index contributed by atoms with van der Waals surface area (Å²) in [6.07, 6.45) is 0. The van der Waals surface area contributed by atoms with E-state index in [1.54, 1.807) is 25.6 Å². The van der Waals surface area contributed by atoms with Crippen molar-refractivity contribution in [2.75, 3.05) is 43.1 Å². The van der Waals surface area contributed by atoms with Crippen LogP contribution in [-0.4, -0.2) is 54.6 Å². The lowest BCUT2D eigenvalue weighted by Gasteiger charge is -2.28. The molecule has 1 aliphatic heterocycles. The summed E-state index contributed by atoms with van der Waals surface area (Å²) in [6.45, 7) is 6.33. The minimum Gasteiger partial charge on any atom is -0.452 e. The summed E-state index contributed by atoms with van der Waals surface area (Å²) in [6, 6.07) is 7.57. The highest BCUT2D eigenvalue weighted by Gasteiger charge is 2.19. The summed E-state index contributed by atoms with van der Waals surface area (Å²) in [5.41, 5.74) is 3.43. The van der Waals surface area contributed by atoms with Gasteiger partial charge in [0.1, 0.15) is 5.56 Å². The Morgan fingerprint density at radius 2 is 1.85 bits per heavy atom. The SMILES string of the molecule is Cc1nn(C)c(C)c1C(=O)OCC(=O)Nc1ccc(N2CCOCC2)cc1. The zero-order valence-corrected chi connectivity index (χ0v) is 15.8. The molecule has 8 heteroatoms. The number of morpholine rings is 1. The highest BCUT2D eigenvalue weighted by molar-refractivity contribution is 5.96. The van der Waals surface area contributed by atoms with Gasteiger partial charge in [-0.25, -0.2) is 4.79 Å². The number of hydrogen-bond donors (Lipinski definition) is 1. The molecule has 8 nitrogen and oxygen atoms in total.